The molecule has 1 amide bonds. The Morgan fingerprint density at radius 2 is 1.79 bits per heavy atom. The van der Waals surface area contributed by atoms with Gasteiger partial charge in [-0.2, -0.15) is 0 Å². The van der Waals surface area contributed by atoms with Gasteiger partial charge in [0.25, 0.3) is 5.91 Å². The lowest BCUT2D eigenvalue weighted by molar-refractivity contribution is 0.0950. The van der Waals surface area contributed by atoms with Gasteiger partial charge in [-0.3, -0.25) is 9.78 Å². The van der Waals surface area contributed by atoms with E-state index in [1.807, 2.05) is 6.07 Å². The van der Waals surface area contributed by atoms with Gasteiger partial charge in [0.05, 0.1) is 17.4 Å². The Hall–Kier alpha value is -2.43. The zero-order valence-electron chi connectivity index (χ0n) is 14.3. The second-order valence-electron chi connectivity index (χ2n) is 5.73. The molecule has 0 spiro atoms. The predicted molar refractivity (Wildman–Crippen MR) is 94.6 cm³/mol. The first-order chi connectivity index (χ1) is 11.6. The van der Waals surface area contributed by atoms with Gasteiger partial charge in [-0.05, 0) is 36.6 Å². The summed E-state index contributed by atoms with van der Waals surface area (Å²) in [7, 11) is 0. The quantitative estimate of drug-likeness (QED) is 0.802. The maximum absolute atomic E-state index is 12.9. The molecule has 0 aliphatic carbocycles. The number of amides is 1. The van der Waals surface area contributed by atoms with Crippen LogP contribution >= 0.6 is 0 Å². The number of halogens is 1. The molecule has 0 bridgehead atoms. The van der Waals surface area contributed by atoms with E-state index in [1.54, 1.807) is 24.5 Å². The van der Waals surface area contributed by atoms with Crippen LogP contribution in [0.3, 0.4) is 0 Å². The van der Waals surface area contributed by atoms with E-state index >= 15 is 0 Å². The van der Waals surface area contributed by atoms with Crippen molar-refractivity contribution in [1.29, 1.82) is 0 Å². The van der Waals surface area contributed by atoms with Crippen LogP contribution < -0.4 is 10.2 Å². The smallest absolute Gasteiger partial charge is 0.253 e. The van der Waals surface area contributed by atoms with Crippen LogP contribution in [-0.4, -0.2) is 24.0 Å². The van der Waals surface area contributed by atoms with E-state index < -0.39 is 0 Å². The Balaban J connectivity index is 2.03. The van der Waals surface area contributed by atoms with E-state index in [-0.39, 0.29) is 11.7 Å². The number of carbonyl (C=O) groups excluding carboxylic acids is 1. The highest BCUT2D eigenvalue weighted by Crippen LogP contribution is 2.16. The molecular weight excluding hydrogens is 305 g/mol. The molecular formula is C19H24FN3O. The molecule has 0 fully saturated rings. The van der Waals surface area contributed by atoms with Crippen molar-refractivity contribution < 1.29 is 9.18 Å². The van der Waals surface area contributed by atoms with Gasteiger partial charge in [-0.15, -0.1) is 0 Å². The molecule has 0 aliphatic rings. The Morgan fingerprint density at radius 1 is 1.12 bits per heavy atom. The van der Waals surface area contributed by atoms with Crippen LogP contribution in [0.25, 0.3) is 0 Å². The summed E-state index contributed by atoms with van der Waals surface area (Å²) in [5, 5.41) is 2.84. The van der Waals surface area contributed by atoms with Gasteiger partial charge in [0, 0.05) is 25.8 Å². The molecule has 0 aliphatic heterocycles. The number of hydrogen-bond acceptors (Lipinski definition) is 3. The van der Waals surface area contributed by atoms with Crippen molar-refractivity contribution in [3.8, 4) is 0 Å². The standard InChI is InChI=1S/C19H24FN3O/c1-3-9-23(10-4-2)18-11-16(13-21-14-18)19(24)22-12-15-5-7-17(20)8-6-15/h5-8,11,13-14H,3-4,9-10,12H2,1-2H3,(H,22,24). The highest BCUT2D eigenvalue weighted by molar-refractivity contribution is 5.94. The monoisotopic (exact) mass is 329 g/mol. The van der Waals surface area contributed by atoms with E-state index in [4.69, 9.17) is 0 Å². The molecule has 24 heavy (non-hydrogen) atoms. The molecule has 1 N–H and O–H groups in total. The number of rotatable bonds is 8. The van der Waals surface area contributed by atoms with Gasteiger partial charge in [0.1, 0.15) is 5.82 Å². The summed E-state index contributed by atoms with van der Waals surface area (Å²) in [6.07, 6.45) is 5.45. The Kier molecular flexibility index (Phi) is 6.73. The zero-order valence-corrected chi connectivity index (χ0v) is 14.3. The third-order valence-electron chi connectivity index (χ3n) is 3.70. The summed E-state index contributed by atoms with van der Waals surface area (Å²) in [6.45, 7) is 6.51. The zero-order chi connectivity index (χ0) is 17.4. The highest BCUT2D eigenvalue weighted by atomic mass is 19.1. The van der Waals surface area contributed by atoms with Gasteiger partial charge in [0.15, 0.2) is 0 Å². The molecule has 128 valence electrons. The van der Waals surface area contributed by atoms with E-state index in [0.717, 1.165) is 37.2 Å². The molecule has 0 saturated heterocycles. The second kappa shape index (κ2) is 9.01. The van der Waals surface area contributed by atoms with Crippen LogP contribution in [0.4, 0.5) is 10.1 Å². The fraction of sp³-hybridized carbons (Fsp3) is 0.368. The Bertz CT molecular complexity index is 652. The number of nitrogens with zero attached hydrogens (tertiary/aromatic N) is 2. The minimum Gasteiger partial charge on any atom is -0.370 e. The van der Waals surface area contributed by atoms with Crippen LogP contribution in [0.1, 0.15) is 42.6 Å². The average molecular weight is 329 g/mol. The van der Waals surface area contributed by atoms with Crippen LogP contribution in [0.5, 0.6) is 0 Å². The average Bonchev–Trinajstić information content (AvgIpc) is 2.61. The molecule has 0 radical (unpaired) electrons. The van der Waals surface area contributed by atoms with E-state index in [1.165, 1.54) is 12.1 Å². The summed E-state index contributed by atoms with van der Waals surface area (Å²) in [6, 6.07) is 7.97. The van der Waals surface area contributed by atoms with Gasteiger partial charge in [-0.25, -0.2) is 4.39 Å². The molecule has 5 heteroatoms. The summed E-state index contributed by atoms with van der Waals surface area (Å²) >= 11 is 0. The minimum atomic E-state index is -0.283. The van der Waals surface area contributed by atoms with Crippen LogP contribution in [0, 0.1) is 5.82 Å². The van der Waals surface area contributed by atoms with Crippen molar-refractivity contribution in [2.45, 2.75) is 33.2 Å². The van der Waals surface area contributed by atoms with Gasteiger partial charge in [-0.1, -0.05) is 26.0 Å². The van der Waals surface area contributed by atoms with Crippen molar-refractivity contribution in [3.63, 3.8) is 0 Å². The maximum atomic E-state index is 12.9. The molecule has 0 unspecified atom stereocenters. The van der Waals surface area contributed by atoms with Crippen LogP contribution in [0.2, 0.25) is 0 Å². The fourth-order valence-electron chi connectivity index (χ4n) is 2.52. The van der Waals surface area contributed by atoms with E-state index in [0.29, 0.717) is 12.1 Å². The Labute approximate surface area is 142 Å². The molecule has 1 heterocycles. The fourth-order valence-corrected chi connectivity index (χ4v) is 2.52. The lowest BCUT2D eigenvalue weighted by Crippen LogP contribution is -2.26. The van der Waals surface area contributed by atoms with Crippen molar-refractivity contribution in [2.24, 2.45) is 0 Å². The molecule has 2 rings (SSSR count). The van der Waals surface area contributed by atoms with Crippen LogP contribution in [0.15, 0.2) is 42.7 Å². The van der Waals surface area contributed by atoms with Gasteiger partial charge < -0.3 is 10.2 Å². The maximum Gasteiger partial charge on any atom is 0.253 e. The molecule has 0 atom stereocenters. The van der Waals surface area contributed by atoms with Crippen molar-refractivity contribution in [1.82, 2.24) is 10.3 Å². The number of carbonyl (C=O) groups is 1. The number of pyridine rings is 1. The van der Waals surface area contributed by atoms with Crippen LogP contribution in [-0.2, 0) is 6.54 Å². The third-order valence-corrected chi connectivity index (χ3v) is 3.70. The summed E-state index contributed by atoms with van der Waals surface area (Å²) in [5.41, 5.74) is 2.35. The highest BCUT2D eigenvalue weighted by Gasteiger charge is 2.10. The number of nitrogens with one attached hydrogen (secondary N) is 1. The first-order valence-corrected chi connectivity index (χ1v) is 8.36. The SMILES string of the molecule is CCCN(CCC)c1cncc(C(=O)NCc2ccc(F)cc2)c1. The van der Waals surface area contributed by atoms with Crippen molar-refractivity contribution in [2.75, 3.05) is 18.0 Å². The van der Waals surface area contributed by atoms with Gasteiger partial charge >= 0.3 is 0 Å². The van der Waals surface area contributed by atoms with Crippen molar-refractivity contribution >= 4 is 11.6 Å². The number of hydrogen-bond donors (Lipinski definition) is 1. The molecule has 4 nitrogen and oxygen atoms in total. The first kappa shape index (κ1) is 17.9. The topological polar surface area (TPSA) is 45.2 Å². The minimum absolute atomic E-state index is 0.179. The number of benzene rings is 1. The predicted octanol–water partition coefficient (Wildman–Crippen LogP) is 3.78. The molecule has 0 saturated carbocycles. The number of aromatic nitrogens is 1. The molecule has 1 aromatic carbocycles. The van der Waals surface area contributed by atoms with E-state index in [2.05, 4.69) is 29.0 Å². The van der Waals surface area contributed by atoms with E-state index in [9.17, 15) is 9.18 Å². The largest absolute Gasteiger partial charge is 0.370 e. The third kappa shape index (κ3) is 5.05. The second-order valence-corrected chi connectivity index (χ2v) is 5.73. The molecule has 1 aromatic heterocycles. The van der Waals surface area contributed by atoms with Crippen molar-refractivity contribution in [3.05, 3.63) is 59.7 Å². The lowest BCUT2D eigenvalue weighted by atomic mass is 10.2. The number of anilines is 1. The molecule has 2 aromatic rings. The lowest BCUT2D eigenvalue weighted by Gasteiger charge is -2.23. The summed E-state index contributed by atoms with van der Waals surface area (Å²) in [4.78, 5) is 18.8. The summed E-state index contributed by atoms with van der Waals surface area (Å²) < 4.78 is 12.9. The van der Waals surface area contributed by atoms with Gasteiger partial charge in [0.2, 0.25) is 0 Å². The normalized spacial score (nSPS) is 10.5. The Morgan fingerprint density at radius 3 is 2.42 bits per heavy atom. The summed E-state index contributed by atoms with van der Waals surface area (Å²) in [5.74, 6) is -0.462. The first-order valence-electron chi connectivity index (χ1n) is 8.36.